The number of hydrogen-bond donors (Lipinski definition) is 1. The predicted molar refractivity (Wildman–Crippen MR) is 128 cm³/mol. The smallest absolute Gasteiger partial charge is 0.136 e. The molecule has 4 fully saturated rings. The first-order valence-electron chi connectivity index (χ1n) is 13.2. The van der Waals surface area contributed by atoms with E-state index in [0.29, 0.717) is 52.5 Å². The molecular weight excluding hydrogens is 368 g/mol. The molecule has 0 amide bonds. The van der Waals surface area contributed by atoms with E-state index < -0.39 is 0 Å². The van der Waals surface area contributed by atoms with Gasteiger partial charge in [0.25, 0.3) is 0 Å². The van der Waals surface area contributed by atoms with Gasteiger partial charge in [-0.05, 0) is 78.9 Å². The van der Waals surface area contributed by atoms with E-state index in [1.807, 2.05) is 27.7 Å². The lowest BCUT2D eigenvalue weighted by Crippen LogP contribution is -2.56. The van der Waals surface area contributed by atoms with Crippen molar-refractivity contribution in [2.75, 3.05) is 0 Å². The molecule has 4 aliphatic rings. The molecule has 0 spiro atoms. The zero-order valence-electron chi connectivity index (χ0n) is 21.1. The molecule has 2 nitrogen and oxygen atoms in total. The number of hydrogen-bond acceptors (Lipinski definition) is 2. The van der Waals surface area contributed by atoms with Crippen LogP contribution in [-0.4, -0.2) is 10.9 Å². The molecule has 1 N–H and O–H groups in total. The minimum absolute atomic E-state index is 0.281. The third-order valence-electron chi connectivity index (χ3n) is 9.71. The van der Waals surface area contributed by atoms with E-state index in [4.69, 9.17) is 0 Å². The first-order chi connectivity index (χ1) is 14.3. The molecule has 0 aromatic carbocycles. The number of ketones is 1. The molecule has 4 saturated carbocycles. The molecule has 0 aromatic rings. The second-order valence-corrected chi connectivity index (χ2v) is 10.8. The third kappa shape index (κ3) is 4.26. The van der Waals surface area contributed by atoms with E-state index in [2.05, 4.69) is 27.4 Å². The zero-order valence-corrected chi connectivity index (χ0v) is 21.1. The molecule has 4 rings (SSSR count). The zero-order chi connectivity index (χ0) is 22.7. The Morgan fingerprint density at radius 3 is 2.27 bits per heavy atom. The summed E-state index contributed by atoms with van der Waals surface area (Å²) in [5.74, 6) is 4.21. The Morgan fingerprint density at radius 1 is 1.00 bits per heavy atom. The monoisotopic (exact) mass is 418 g/mol. The van der Waals surface area contributed by atoms with Crippen LogP contribution in [0.2, 0.25) is 0 Å². The number of carbonyl (C=O) groups excluding carboxylic acids is 1. The van der Waals surface area contributed by atoms with Gasteiger partial charge in [0.2, 0.25) is 0 Å². The number of fused-ring (bicyclic) bond motifs is 5. The van der Waals surface area contributed by atoms with Crippen molar-refractivity contribution < 1.29 is 9.90 Å². The molecule has 0 heterocycles. The van der Waals surface area contributed by atoms with Crippen LogP contribution in [-0.2, 0) is 4.79 Å². The maximum atomic E-state index is 13.3. The fourth-order valence-corrected chi connectivity index (χ4v) is 8.45. The highest BCUT2D eigenvalue weighted by Crippen LogP contribution is 2.67. The van der Waals surface area contributed by atoms with Crippen molar-refractivity contribution in [2.45, 2.75) is 113 Å². The lowest BCUT2D eigenvalue weighted by molar-refractivity contribution is -0.156. The fraction of sp³-hybridized carbons (Fsp3) is 0.893. The first-order valence-corrected chi connectivity index (χ1v) is 13.2. The Hall–Kier alpha value is -0.790. The summed E-state index contributed by atoms with van der Waals surface area (Å²) in [6, 6.07) is 0. The first kappa shape index (κ1) is 25.5. The minimum Gasteiger partial charge on any atom is -0.513 e. The third-order valence-corrected chi connectivity index (χ3v) is 9.71. The molecule has 8 atom stereocenters. The van der Waals surface area contributed by atoms with Gasteiger partial charge in [-0.25, -0.2) is 0 Å². The normalized spacial score (nSPS) is 42.9. The number of aliphatic hydroxyl groups excluding tert-OH is 1. The molecule has 0 bridgehead atoms. The van der Waals surface area contributed by atoms with Gasteiger partial charge in [-0.15, -0.1) is 0 Å². The minimum atomic E-state index is 0.281. The van der Waals surface area contributed by atoms with Crippen LogP contribution >= 0.6 is 0 Å². The summed E-state index contributed by atoms with van der Waals surface area (Å²) in [4.78, 5) is 13.3. The molecule has 0 aliphatic heterocycles. The van der Waals surface area contributed by atoms with Gasteiger partial charge in [-0.3, -0.25) is 4.79 Å². The van der Waals surface area contributed by atoms with Gasteiger partial charge in [0.1, 0.15) is 5.78 Å². The van der Waals surface area contributed by atoms with Crippen LogP contribution in [0.25, 0.3) is 0 Å². The standard InChI is InChI=1S/C24H38O2.2C2H6/c1-15(13-16(2)25)18-8-9-19-22-20(10-12-24(18,19)4)23(3)11-6-5-7-17(23)14-21(22)26;2*1-2/h15,17-20,22,25H,2,5-14H2,1,3-4H3;2*1-2H3. The Morgan fingerprint density at radius 2 is 1.63 bits per heavy atom. The van der Waals surface area contributed by atoms with Crippen molar-refractivity contribution in [3.8, 4) is 0 Å². The maximum absolute atomic E-state index is 13.3. The summed E-state index contributed by atoms with van der Waals surface area (Å²) in [6.45, 7) is 19.0. The Labute approximate surface area is 187 Å². The summed E-state index contributed by atoms with van der Waals surface area (Å²) in [7, 11) is 0. The molecule has 30 heavy (non-hydrogen) atoms. The van der Waals surface area contributed by atoms with Gasteiger partial charge >= 0.3 is 0 Å². The highest BCUT2D eigenvalue weighted by Gasteiger charge is 2.62. The molecule has 4 aliphatic carbocycles. The van der Waals surface area contributed by atoms with Crippen molar-refractivity contribution in [1.29, 1.82) is 0 Å². The average molecular weight is 419 g/mol. The van der Waals surface area contributed by atoms with E-state index in [1.165, 1.54) is 51.4 Å². The largest absolute Gasteiger partial charge is 0.513 e. The van der Waals surface area contributed by atoms with Crippen LogP contribution < -0.4 is 0 Å². The van der Waals surface area contributed by atoms with Gasteiger partial charge in [0.05, 0.1) is 5.76 Å². The Balaban J connectivity index is 0.000000757. The van der Waals surface area contributed by atoms with Crippen LogP contribution in [0.1, 0.15) is 113 Å². The molecule has 0 aromatic heterocycles. The van der Waals surface area contributed by atoms with Gasteiger partial charge in [-0.1, -0.05) is 67.9 Å². The number of aliphatic hydroxyl groups is 1. The van der Waals surface area contributed by atoms with Crippen LogP contribution in [0.5, 0.6) is 0 Å². The Bertz CT molecular complexity index is 595. The van der Waals surface area contributed by atoms with Gasteiger partial charge in [0.15, 0.2) is 0 Å². The van der Waals surface area contributed by atoms with Crippen LogP contribution in [0.4, 0.5) is 0 Å². The van der Waals surface area contributed by atoms with Crippen molar-refractivity contribution in [1.82, 2.24) is 0 Å². The average Bonchev–Trinajstić information content (AvgIpc) is 3.08. The number of allylic oxidation sites excluding steroid dienone is 1. The van der Waals surface area contributed by atoms with Crippen molar-refractivity contribution >= 4 is 5.78 Å². The summed E-state index contributed by atoms with van der Waals surface area (Å²) in [5.41, 5.74) is 0.699. The Kier molecular flexibility index (Phi) is 8.68. The topological polar surface area (TPSA) is 37.3 Å². The fourth-order valence-electron chi connectivity index (χ4n) is 8.45. The summed E-state index contributed by atoms with van der Waals surface area (Å²) in [5, 5.41) is 9.71. The second-order valence-electron chi connectivity index (χ2n) is 10.8. The maximum Gasteiger partial charge on any atom is 0.136 e. The van der Waals surface area contributed by atoms with Crippen LogP contribution in [0.3, 0.4) is 0 Å². The summed E-state index contributed by atoms with van der Waals surface area (Å²) in [6.07, 6.45) is 11.9. The second kappa shape index (κ2) is 10.2. The number of rotatable bonds is 3. The lowest BCUT2D eigenvalue weighted by Gasteiger charge is -2.60. The molecule has 0 saturated heterocycles. The van der Waals surface area contributed by atoms with E-state index in [0.717, 1.165) is 12.8 Å². The quantitative estimate of drug-likeness (QED) is 0.467. The summed E-state index contributed by atoms with van der Waals surface area (Å²) < 4.78 is 0. The van der Waals surface area contributed by atoms with Crippen LogP contribution in [0, 0.1) is 46.3 Å². The van der Waals surface area contributed by atoms with Crippen molar-refractivity contribution in [3.05, 3.63) is 12.3 Å². The summed E-state index contributed by atoms with van der Waals surface area (Å²) >= 11 is 0. The van der Waals surface area contributed by atoms with Gasteiger partial charge < -0.3 is 5.11 Å². The van der Waals surface area contributed by atoms with Gasteiger partial charge in [-0.2, -0.15) is 0 Å². The molecule has 8 unspecified atom stereocenters. The van der Waals surface area contributed by atoms with E-state index >= 15 is 0 Å². The van der Waals surface area contributed by atoms with Crippen molar-refractivity contribution in [2.24, 2.45) is 46.3 Å². The van der Waals surface area contributed by atoms with Gasteiger partial charge in [0, 0.05) is 18.8 Å². The SMILES string of the molecule is C=C(O)CC(C)C1CCC2C3C(=O)CC4CCCCC4(C)C3CCC12C.CC.CC. The molecular formula is C28H50O2. The highest BCUT2D eigenvalue weighted by atomic mass is 16.3. The number of Topliss-reactive ketones (excluding diaryl/α,β-unsaturated/α-hetero) is 1. The molecule has 0 radical (unpaired) electrons. The lowest BCUT2D eigenvalue weighted by atomic mass is 9.44. The van der Waals surface area contributed by atoms with Crippen molar-refractivity contribution in [3.63, 3.8) is 0 Å². The number of carbonyl (C=O) groups is 1. The van der Waals surface area contributed by atoms with E-state index in [9.17, 15) is 9.90 Å². The molecule has 174 valence electrons. The van der Waals surface area contributed by atoms with E-state index in [1.54, 1.807) is 0 Å². The highest BCUT2D eigenvalue weighted by molar-refractivity contribution is 5.83. The van der Waals surface area contributed by atoms with E-state index in [-0.39, 0.29) is 5.41 Å². The predicted octanol–water partition coefficient (Wildman–Crippen LogP) is 8.36. The molecule has 2 heteroatoms. The van der Waals surface area contributed by atoms with Crippen LogP contribution in [0.15, 0.2) is 12.3 Å².